The maximum atomic E-state index is 12.1. The summed E-state index contributed by atoms with van der Waals surface area (Å²) in [7, 11) is 1.59. The van der Waals surface area contributed by atoms with Gasteiger partial charge in [0.15, 0.2) is 5.58 Å². The van der Waals surface area contributed by atoms with Gasteiger partial charge in [-0.05, 0) is 25.2 Å². The van der Waals surface area contributed by atoms with Gasteiger partial charge >= 0.3 is 6.18 Å². The first kappa shape index (κ1) is 13.7. The molecule has 0 amide bonds. The first-order chi connectivity index (χ1) is 8.83. The lowest BCUT2D eigenvalue weighted by molar-refractivity contribution is -0.137. The highest BCUT2D eigenvalue weighted by molar-refractivity contribution is 5.76. The van der Waals surface area contributed by atoms with Gasteiger partial charge in [-0.15, -0.1) is 0 Å². The topological polar surface area (TPSA) is 55.3 Å². The molecule has 0 aliphatic rings. The molecule has 1 aromatic carbocycles. The zero-order chi connectivity index (χ0) is 14.0. The fraction of sp³-hybridized carbons (Fsp3) is 0.417. The van der Waals surface area contributed by atoms with Crippen LogP contribution < -0.4 is 5.73 Å². The van der Waals surface area contributed by atoms with Gasteiger partial charge in [0.1, 0.15) is 5.52 Å². The number of oxazole rings is 1. The highest BCUT2D eigenvalue weighted by Gasteiger charge is 2.27. The molecule has 0 spiro atoms. The molecule has 0 fully saturated rings. The molecule has 7 heteroatoms. The second-order valence-electron chi connectivity index (χ2n) is 4.44. The summed E-state index contributed by atoms with van der Waals surface area (Å²) in [5, 5.41) is 0. The average molecular weight is 273 g/mol. The second kappa shape index (κ2) is 5.08. The number of aromatic nitrogens is 1. The van der Waals surface area contributed by atoms with Gasteiger partial charge in [-0.1, -0.05) is 0 Å². The molecule has 0 aliphatic carbocycles. The van der Waals surface area contributed by atoms with Gasteiger partial charge < -0.3 is 10.2 Å². The van der Waals surface area contributed by atoms with Crippen LogP contribution >= 0.6 is 0 Å². The molecule has 0 unspecified atom stereocenters. The van der Waals surface area contributed by atoms with Crippen molar-refractivity contribution in [1.29, 1.82) is 0 Å². The third-order valence-electron chi connectivity index (χ3n) is 2.64. The molecule has 0 radical (unpaired) electrons. The monoisotopic (exact) mass is 273 g/mol. The minimum atomic E-state index is -4.15. The molecule has 2 rings (SSSR count). The van der Waals surface area contributed by atoms with Crippen molar-refractivity contribution in [3.63, 3.8) is 0 Å². The Labute approximate surface area is 108 Å². The third kappa shape index (κ3) is 3.85. The molecule has 0 saturated carbocycles. The van der Waals surface area contributed by atoms with E-state index in [1.54, 1.807) is 25.2 Å². The Kier molecular flexibility index (Phi) is 3.66. The molecule has 0 bridgehead atoms. The number of hydrogen-bond donors (Lipinski definition) is 1. The molecule has 104 valence electrons. The maximum absolute atomic E-state index is 12.1. The SMILES string of the molecule is CN(CCC(F)(F)F)Cc1nc2cc(N)ccc2o1. The first-order valence-electron chi connectivity index (χ1n) is 5.74. The largest absolute Gasteiger partial charge is 0.439 e. The zero-order valence-corrected chi connectivity index (χ0v) is 10.4. The highest BCUT2D eigenvalue weighted by atomic mass is 19.4. The summed E-state index contributed by atoms with van der Waals surface area (Å²) in [4.78, 5) is 5.70. The molecular weight excluding hydrogens is 259 g/mol. The quantitative estimate of drug-likeness (QED) is 0.870. The summed E-state index contributed by atoms with van der Waals surface area (Å²) in [6.07, 6.45) is -5.00. The molecule has 0 aliphatic heterocycles. The molecule has 2 aromatic rings. The summed E-state index contributed by atoms with van der Waals surface area (Å²) in [6.45, 7) is 0.134. The van der Waals surface area contributed by atoms with Crippen LogP contribution in [0.1, 0.15) is 12.3 Å². The number of benzene rings is 1. The van der Waals surface area contributed by atoms with E-state index < -0.39 is 12.6 Å². The molecule has 1 heterocycles. The van der Waals surface area contributed by atoms with Crippen LogP contribution in [-0.2, 0) is 6.54 Å². The van der Waals surface area contributed by atoms with Gasteiger partial charge in [-0.3, -0.25) is 4.90 Å². The summed E-state index contributed by atoms with van der Waals surface area (Å²) in [6, 6.07) is 5.04. The van der Waals surface area contributed by atoms with E-state index in [0.717, 1.165) is 0 Å². The molecule has 2 N–H and O–H groups in total. The fourth-order valence-corrected chi connectivity index (χ4v) is 1.69. The number of rotatable bonds is 4. The van der Waals surface area contributed by atoms with Gasteiger partial charge in [-0.2, -0.15) is 13.2 Å². The number of nitrogens with two attached hydrogens (primary N) is 1. The normalized spacial score (nSPS) is 12.5. The summed E-state index contributed by atoms with van der Waals surface area (Å²) in [5.41, 5.74) is 7.37. The van der Waals surface area contributed by atoms with Gasteiger partial charge in [0.05, 0.1) is 13.0 Å². The van der Waals surface area contributed by atoms with Crippen LogP contribution in [0, 0.1) is 0 Å². The Morgan fingerprint density at radius 1 is 1.37 bits per heavy atom. The smallest absolute Gasteiger partial charge is 0.390 e. The molecule has 4 nitrogen and oxygen atoms in total. The number of nitrogens with zero attached hydrogens (tertiary/aromatic N) is 2. The van der Waals surface area contributed by atoms with Crippen molar-refractivity contribution in [2.45, 2.75) is 19.1 Å². The van der Waals surface area contributed by atoms with Crippen LogP contribution in [0.2, 0.25) is 0 Å². The fourth-order valence-electron chi connectivity index (χ4n) is 1.69. The van der Waals surface area contributed by atoms with E-state index in [1.165, 1.54) is 4.90 Å². The summed E-state index contributed by atoms with van der Waals surface area (Å²) >= 11 is 0. The van der Waals surface area contributed by atoms with Crippen LogP contribution in [0.25, 0.3) is 11.1 Å². The van der Waals surface area contributed by atoms with Crippen LogP contribution in [0.5, 0.6) is 0 Å². The Morgan fingerprint density at radius 3 is 2.79 bits per heavy atom. The van der Waals surface area contributed by atoms with Crippen molar-refractivity contribution < 1.29 is 17.6 Å². The molecule has 1 aromatic heterocycles. The van der Waals surface area contributed by atoms with Gasteiger partial charge in [-0.25, -0.2) is 4.98 Å². The van der Waals surface area contributed by atoms with E-state index >= 15 is 0 Å². The van der Waals surface area contributed by atoms with Crippen molar-refractivity contribution in [1.82, 2.24) is 9.88 Å². The Bertz CT molecular complexity index is 565. The van der Waals surface area contributed by atoms with E-state index in [0.29, 0.717) is 22.7 Å². The average Bonchev–Trinajstić information content (AvgIpc) is 2.66. The number of hydrogen-bond acceptors (Lipinski definition) is 4. The standard InChI is InChI=1S/C12H14F3N3O/c1-18(5-4-12(13,14)15)7-11-17-9-6-8(16)2-3-10(9)19-11/h2-3,6H,4-5,7,16H2,1H3. The number of fused-ring (bicyclic) bond motifs is 1. The van der Waals surface area contributed by atoms with E-state index in [9.17, 15) is 13.2 Å². The molecular formula is C12H14F3N3O. The van der Waals surface area contributed by atoms with Crippen molar-refractivity contribution in [3.05, 3.63) is 24.1 Å². The first-order valence-corrected chi connectivity index (χ1v) is 5.74. The zero-order valence-electron chi connectivity index (χ0n) is 10.4. The molecule has 0 saturated heterocycles. The van der Waals surface area contributed by atoms with Gasteiger partial charge in [0.2, 0.25) is 5.89 Å². The number of halogens is 3. The molecule has 0 atom stereocenters. The summed E-state index contributed by atoms with van der Waals surface area (Å²) in [5.74, 6) is 0.380. The Balaban J connectivity index is 2.01. The maximum Gasteiger partial charge on any atom is 0.390 e. The number of alkyl halides is 3. The van der Waals surface area contributed by atoms with E-state index in [4.69, 9.17) is 10.2 Å². The van der Waals surface area contributed by atoms with Gasteiger partial charge in [0, 0.05) is 12.2 Å². The van der Waals surface area contributed by atoms with Crippen molar-refractivity contribution in [2.24, 2.45) is 0 Å². The van der Waals surface area contributed by atoms with Crippen LogP contribution in [-0.4, -0.2) is 29.7 Å². The molecule has 19 heavy (non-hydrogen) atoms. The van der Waals surface area contributed by atoms with E-state index in [-0.39, 0.29) is 13.1 Å². The minimum absolute atomic E-state index is 0.0929. The van der Waals surface area contributed by atoms with Crippen molar-refractivity contribution in [3.8, 4) is 0 Å². The number of nitrogen functional groups attached to an aromatic ring is 1. The van der Waals surface area contributed by atoms with Crippen LogP contribution in [0.15, 0.2) is 22.6 Å². The minimum Gasteiger partial charge on any atom is -0.439 e. The van der Waals surface area contributed by atoms with Crippen molar-refractivity contribution in [2.75, 3.05) is 19.3 Å². The van der Waals surface area contributed by atoms with Crippen LogP contribution in [0.3, 0.4) is 0 Å². The van der Waals surface area contributed by atoms with E-state index in [1.807, 2.05) is 0 Å². The highest BCUT2D eigenvalue weighted by Crippen LogP contribution is 2.21. The van der Waals surface area contributed by atoms with E-state index in [2.05, 4.69) is 4.98 Å². The predicted molar refractivity (Wildman–Crippen MR) is 65.4 cm³/mol. The Hall–Kier alpha value is -1.76. The lowest BCUT2D eigenvalue weighted by Gasteiger charge is -2.15. The predicted octanol–water partition coefficient (Wildman–Crippen LogP) is 2.79. The lowest BCUT2D eigenvalue weighted by atomic mass is 10.3. The summed E-state index contributed by atoms with van der Waals surface area (Å²) < 4.78 is 41.7. The Morgan fingerprint density at radius 2 is 2.11 bits per heavy atom. The number of anilines is 1. The van der Waals surface area contributed by atoms with Gasteiger partial charge in [0.25, 0.3) is 0 Å². The second-order valence-corrected chi connectivity index (χ2v) is 4.44. The lowest BCUT2D eigenvalue weighted by Crippen LogP contribution is -2.24. The third-order valence-corrected chi connectivity index (χ3v) is 2.64. The van der Waals surface area contributed by atoms with Crippen LogP contribution in [0.4, 0.5) is 18.9 Å². The van der Waals surface area contributed by atoms with Crippen molar-refractivity contribution >= 4 is 16.8 Å².